The maximum absolute atomic E-state index is 11.1. The summed E-state index contributed by atoms with van der Waals surface area (Å²) >= 11 is 0. The molecule has 1 aromatic carbocycles. The van der Waals surface area contributed by atoms with E-state index >= 15 is 0 Å². The van der Waals surface area contributed by atoms with Crippen LogP contribution in [0, 0.1) is 0 Å². The number of para-hydroxylation sites is 1. The Hall–Kier alpha value is -1.68. The molecule has 0 atom stereocenters. The largest absolute Gasteiger partial charge is 0.491 e. The average Bonchev–Trinajstić information content (AvgIpc) is 2.49. The quantitative estimate of drug-likeness (QED) is 0.331. The van der Waals surface area contributed by atoms with E-state index in [2.05, 4.69) is 4.74 Å². The standard InChI is InChI=1S/C14H20O8S/c15-14(22-10-11-23(16,17)18)12-20-7-6-19-8-9-21-13-4-2-1-3-5-13/h1-5H,6-12H2,(H,16,17,18). The van der Waals surface area contributed by atoms with Gasteiger partial charge in [-0.15, -0.1) is 0 Å². The zero-order valence-electron chi connectivity index (χ0n) is 12.5. The van der Waals surface area contributed by atoms with Gasteiger partial charge in [0.2, 0.25) is 0 Å². The summed E-state index contributed by atoms with van der Waals surface area (Å²) in [5.74, 6) is -0.579. The smallest absolute Gasteiger partial charge is 0.332 e. The first-order chi connectivity index (χ1) is 11.0. The normalized spacial score (nSPS) is 11.2. The Labute approximate surface area is 135 Å². The fourth-order valence-corrected chi connectivity index (χ4v) is 1.71. The molecule has 0 aliphatic heterocycles. The second-order valence-electron chi connectivity index (χ2n) is 4.33. The molecule has 0 saturated carbocycles. The van der Waals surface area contributed by atoms with Crippen molar-refractivity contribution in [3.8, 4) is 5.75 Å². The molecule has 0 bridgehead atoms. The Bertz CT molecular complexity index is 543. The van der Waals surface area contributed by atoms with Gasteiger partial charge >= 0.3 is 5.97 Å². The number of carbonyl (C=O) groups is 1. The van der Waals surface area contributed by atoms with Crippen molar-refractivity contribution in [3.63, 3.8) is 0 Å². The Morgan fingerprint density at radius 1 is 0.957 bits per heavy atom. The van der Waals surface area contributed by atoms with Crippen molar-refractivity contribution in [1.29, 1.82) is 0 Å². The Morgan fingerprint density at radius 3 is 2.30 bits per heavy atom. The summed E-state index contributed by atoms with van der Waals surface area (Å²) in [7, 11) is -4.13. The zero-order chi connectivity index (χ0) is 17.0. The first-order valence-electron chi connectivity index (χ1n) is 6.91. The fourth-order valence-electron chi connectivity index (χ4n) is 1.41. The first-order valence-corrected chi connectivity index (χ1v) is 8.52. The summed E-state index contributed by atoms with van der Waals surface area (Å²) in [5, 5.41) is 0. The van der Waals surface area contributed by atoms with Gasteiger partial charge in [0.25, 0.3) is 10.1 Å². The van der Waals surface area contributed by atoms with Crippen molar-refractivity contribution in [3.05, 3.63) is 30.3 Å². The third-order valence-electron chi connectivity index (χ3n) is 2.44. The Balaban J connectivity index is 1.90. The van der Waals surface area contributed by atoms with E-state index in [1.807, 2.05) is 30.3 Å². The molecule has 1 aromatic rings. The zero-order valence-corrected chi connectivity index (χ0v) is 13.4. The molecule has 0 radical (unpaired) electrons. The van der Waals surface area contributed by atoms with Crippen LogP contribution in [-0.4, -0.2) is 64.3 Å². The second-order valence-corrected chi connectivity index (χ2v) is 5.91. The highest BCUT2D eigenvalue weighted by molar-refractivity contribution is 7.85. The van der Waals surface area contributed by atoms with Gasteiger partial charge < -0.3 is 18.9 Å². The van der Waals surface area contributed by atoms with Crippen LogP contribution in [0.5, 0.6) is 5.75 Å². The van der Waals surface area contributed by atoms with Gasteiger partial charge in [0, 0.05) is 0 Å². The summed E-state index contributed by atoms with van der Waals surface area (Å²) in [6.07, 6.45) is 0. The van der Waals surface area contributed by atoms with Crippen molar-refractivity contribution >= 4 is 16.1 Å². The second kappa shape index (κ2) is 10.9. The summed E-state index contributed by atoms with van der Waals surface area (Å²) in [6.45, 7) is 0.553. The Kier molecular flexibility index (Phi) is 9.22. The van der Waals surface area contributed by atoms with Crippen LogP contribution in [0.1, 0.15) is 0 Å². The molecule has 8 nitrogen and oxygen atoms in total. The van der Waals surface area contributed by atoms with Gasteiger partial charge in [-0.2, -0.15) is 8.42 Å². The van der Waals surface area contributed by atoms with Gasteiger partial charge in [0.1, 0.15) is 31.3 Å². The van der Waals surface area contributed by atoms with Crippen molar-refractivity contribution in [1.82, 2.24) is 0 Å². The predicted octanol–water partition coefficient (Wildman–Crippen LogP) is 0.530. The highest BCUT2D eigenvalue weighted by Crippen LogP contribution is 2.07. The number of ether oxygens (including phenoxy) is 4. The minimum atomic E-state index is -4.13. The fraction of sp³-hybridized carbons (Fsp3) is 0.500. The summed E-state index contributed by atoms with van der Waals surface area (Å²) < 4.78 is 49.4. The van der Waals surface area contributed by atoms with Crippen LogP contribution in [0.3, 0.4) is 0 Å². The van der Waals surface area contributed by atoms with Crippen LogP contribution in [0.25, 0.3) is 0 Å². The van der Waals surface area contributed by atoms with E-state index in [0.717, 1.165) is 5.75 Å². The summed E-state index contributed by atoms with van der Waals surface area (Å²) in [6, 6.07) is 9.33. The molecule has 9 heteroatoms. The summed E-state index contributed by atoms with van der Waals surface area (Å²) in [4.78, 5) is 11.1. The maximum atomic E-state index is 11.1. The number of benzene rings is 1. The molecule has 1 rings (SSSR count). The lowest BCUT2D eigenvalue weighted by atomic mass is 10.3. The summed E-state index contributed by atoms with van der Waals surface area (Å²) in [5.41, 5.74) is 0. The molecule has 0 fully saturated rings. The van der Waals surface area contributed by atoms with E-state index in [9.17, 15) is 13.2 Å². The third kappa shape index (κ3) is 11.5. The molecule has 0 amide bonds. The molecule has 130 valence electrons. The molecule has 0 aromatic heterocycles. The van der Waals surface area contributed by atoms with Crippen LogP contribution in [-0.2, 0) is 29.1 Å². The first kappa shape index (κ1) is 19.4. The van der Waals surface area contributed by atoms with Gasteiger partial charge in [-0.3, -0.25) is 4.55 Å². The van der Waals surface area contributed by atoms with Gasteiger partial charge in [0.15, 0.2) is 0 Å². The molecule has 1 N–H and O–H groups in total. The monoisotopic (exact) mass is 348 g/mol. The highest BCUT2D eigenvalue weighted by atomic mass is 32.2. The lowest BCUT2D eigenvalue weighted by molar-refractivity contribution is -0.148. The number of carbonyl (C=O) groups excluding carboxylic acids is 1. The maximum Gasteiger partial charge on any atom is 0.332 e. The van der Waals surface area contributed by atoms with Crippen LogP contribution >= 0.6 is 0 Å². The lowest BCUT2D eigenvalue weighted by Gasteiger charge is -2.07. The van der Waals surface area contributed by atoms with Gasteiger partial charge in [-0.25, -0.2) is 4.79 Å². The van der Waals surface area contributed by atoms with Crippen molar-refractivity contribution < 1.29 is 36.7 Å². The number of rotatable bonds is 12. The van der Waals surface area contributed by atoms with E-state index in [-0.39, 0.29) is 19.8 Å². The van der Waals surface area contributed by atoms with E-state index in [1.165, 1.54) is 0 Å². The molecule has 0 aliphatic carbocycles. The molecular weight excluding hydrogens is 328 g/mol. The molecule has 0 heterocycles. The molecule has 23 heavy (non-hydrogen) atoms. The van der Waals surface area contributed by atoms with E-state index < -0.39 is 28.4 Å². The molecular formula is C14H20O8S. The predicted molar refractivity (Wildman–Crippen MR) is 80.9 cm³/mol. The molecule has 0 unspecified atom stereocenters. The number of esters is 1. The highest BCUT2D eigenvalue weighted by Gasteiger charge is 2.08. The van der Waals surface area contributed by atoms with E-state index in [1.54, 1.807) is 0 Å². The minimum absolute atomic E-state index is 0.193. The van der Waals surface area contributed by atoms with Gasteiger partial charge in [0.05, 0.1) is 19.8 Å². The van der Waals surface area contributed by atoms with Crippen molar-refractivity contribution in [2.45, 2.75) is 0 Å². The van der Waals surface area contributed by atoms with E-state index in [0.29, 0.717) is 13.2 Å². The van der Waals surface area contributed by atoms with Gasteiger partial charge in [-0.05, 0) is 12.1 Å². The SMILES string of the molecule is O=C(COCCOCCOc1ccccc1)OCCS(=O)(=O)O. The van der Waals surface area contributed by atoms with Crippen molar-refractivity contribution in [2.24, 2.45) is 0 Å². The molecule has 0 aliphatic rings. The number of hydrogen-bond donors (Lipinski definition) is 1. The third-order valence-corrected chi connectivity index (χ3v) is 3.12. The van der Waals surface area contributed by atoms with Crippen LogP contribution in [0.4, 0.5) is 0 Å². The van der Waals surface area contributed by atoms with Crippen LogP contribution < -0.4 is 4.74 Å². The molecule has 0 spiro atoms. The topological polar surface area (TPSA) is 108 Å². The van der Waals surface area contributed by atoms with Gasteiger partial charge in [-0.1, -0.05) is 18.2 Å². The molecule has 0 saturated heterocycles. The van der Waals surface area contributed by atoms with Crippen LogP contribution in [0.15, 0.2) is 30.3 Å². The van der Waals surface area contributed by atoms with Crippen LogP contribution in [0.2, 0.25) is 0 Å². The minimum Gasteiger partial charge on any atom is -0.491 e. The lowest BCUT2D eigenvalue weighted by Crippen LogP contribution is -2.19. The van der Waals surface area contributed by atoms with Crippen molar-refractivity contribution in [2.75, 3.05) is 45.4 Å². The Morgan fingerprint density at radius 2 is 1.61 bits per heavy atom. The number of hydrogen-bond acceptors (Lipinski definition) is 7. The van der Waals surface area contributed by atoms with E-state index in [4.69, 9.17) is 18.8 Å². The average molecular weight is 348 g/mol.